The van der Waals surface area contributed by atoms with Crippen molar-refractivity contribution in [1.29, 1.82) is 0 Å². The Bertz CT molecular complexity index is 1100. The van der Waals surface area contributed by atoms with Crippen LogP contribution in [0.1, 0.15) is 22.5 Å². The predicted octanol–water partition coefficient (Wildman–Crippen LogP) is 2.31. The van der Waals surface area contributed by atoms with Crippen molar-refractivity contribution in [2.75, 3.05) is 33.2 Å². The number of methoxy groups -OCH3 is 3. The Labute approximate surface area is 191 Å². The summed E-state index contributed by atoms with van der Waals surface area (Å²) in [6, 6.07) is 12.6. The molecule has 33 heavy (non-hydrogen) atoms. The lowest BCUT2D eigenvalue weighted by atomic mass is 10.1. The second-order valence-corrected chi connectivity index (χ2v) is 7.09. The van der Waals surface area contributed by atoms with Crippen LogP contribution in [0.15, 0.2) is 48.7 Å². The third-order valence-electron chi connectivity index (χ3n) is 4.85. The van der Waals surface area contributed by atoms with Gasteiger partial charge < -0.3 is 24.8 Å². The highest BCUT2D eigenvalue weighted by Gasteiger charge is 2.12. The van der Waals surface area contributed by atoms with Crippen molar-refractivity contribution in [3.8, 4) is 17.2 Å². The number of benzene rings is 2. The minimum atomic E-state index is -0.381. The summed E-state index contributed by atoms with van der Waals surface area (Å²) >= 11 is 0. The summed E-state index contributed by atoms with van der Waals surface area (Å²) in [5.74, 6) is 1.45. The smallest absolute Gasteiger partial charge is 0.277 e. The first-order valence-corrected chi connectivity index (χ1v) is 10.4. The second kappa shape index (κ2) is 11.5. The number of aromatic nitrogens is 3. The molecular formula is C23H27N5O5. The molecule has 0 saturated heterocycles. The molecule has 0 spiro atoms. The number of carbonyl (C=O) groups is 2. The van der Waals surface area contributed by atoms with Gasteiger partial charge in [-0.3, -0.25) is 9.59 Å². The lowest BCUT2D eigenvalue weighted by Gasteiger charge is -2.09. The predicted molar refractivity (Wildman–Crippen MR) is 122 cm³/mol. The highest BCUT2D eigenvalue weighted by Crippen LogP contribution is 2.27. The number of nitrogens with zero attached hydrogens (tertiary/aromatic N) is 3. The first-order chi connectivity index (χ1) is 16.0. The fraction of sp³-hybridized carbons (Fsp3) is 0.304. The van der Waals surface area contributed by atoms with Crippen molar-refractivity contribution in [2.45, 2.75) is 19.4 Å². The topological polar surface area (TPSA) is 117 Å². The number of rotatable bonds is 11. The molecular weight excluding hydrogens is 426 g/mol. The SMILES string of the molecule is COc1cccc(NC(=O)c2cn(CCNC(=O)CCc3ccc(OC)c(OC)c3)nn2)c1. The number of anilines is 1. The molecule has 0 atom stereocenters. The van der Waals surface area contributed by atoms with Crippen LogP contribution in [0.25, 0.3) is 0 Å². The molecule has 0 aliphatic carbocycles. The molecule has 10 nitrogen and oxygen atoms in total. The van der Waals surface area contributed by atoms with Crippen molar-refractivity contribution in [2.24, 2.45) is 0 Å². The van der Waals surface area contributed by atoms with Crippen molar-refractivity contribution >= 4 is 17.5 Å². The van der Waals surface area contributed by atoms with Crippen LogP contribution in [0.5, 0.6) is 17.2 Å². The summed E-state index contributed by atoms with van der Waals surface area (Å²) in [4.78, 5) is 24.5. The van der Waals surface area contributed by atoms with E-state index in [1.165, 1.54) is 10.9 Å². The monoisotopic (exact) mass is 453 g/mol. The van der Waals surface area contributed by atoms with E-state index in [2.05, 4.69) is 20.9 Å². The Morgan fingerprint density at radius 1 is 1.00 bits per heavy atom. The van der Waals surface area contributed by atoms with E-state index in [0.717, 1.165) is 5.56 Å². The van der Waals surface area contributed by atoms with Gasteiger partial charge in [0.15, 0.2) is 17.2 Å². The molecule has 0 fully saturated rings. The number of hydrogen-bond donors (Lipinski definition) is 2. The largest absolute Gasteiger partial charge is 0.497 e. The number of carbonyl (C=O) groups excluding carboxylic acids is 2. The molecule has 0 unspecified atom stereocenters. The molecule has 2 aromatic carbocycles. The molecule has 0 radical (unpaired) electrons. The number of aryl methyl sites for hydroxylation is 1. The maximum absolute atomic E-state index is 12.4. The molecule has 1 aromatic heterocycles. The number of amides is 2. The Hall–Kier alpha value is -4.08. The van der Waals surface area contributed by atoms with E-state index in [0.29, 0.717) is 48.9 Å². The van der Waals surface area contributed by atoms with Crippen LogP contribution in [0.4, 0.5) is 5.69 Å². The molecule has 174 valence electrons. The molecule has 2 amide bonds. The van der Waals surface area contributed by atoms with Gasteiger partial charge in [-0.2, -0.15) is 0 Å². The molecule has 0 aliphatic heterocycles. The Kier molecular flexibility index (Phi) is 8.23. The minimum Gasteiger partial charge on any atom is -0.497 e. The van der Waals surface area contributed by atoms with Gasteiger partial charge in [0.1, 0.15) is 5.75 Å². The number of ether oxygens (including phenoxy) is 3. The van der Waals surface area contributed by atoms with Crippen LogP contribution < -0.4 is 24.8 Å². The molecule has 10 heteroatoms. The molecule has 3 aromatic rings. The Balaban J connectivity index is 1.42. The second-order valence-electron chi connectivity index (χ2n) is 7.09. The van der Waals surface area contributed by atoms with Gasteiger partial charge >= 0.3 is 0 Å². The zero-order valence-electron chi connectivity index (χ0n) is 18.8. The summed E-state index contributed by atoms with van der Waals surface area (Å²) in [6.45, 7) is 0.757. The highest BCUT2D eigenvalue weighted by molar-refractivity contribution is 6.02. The molecule has 1 heterocycles. The average molecular weight is 453 g/mol. The van der Waals surface area contributed by atoms with Gasteiger partial charge in [-0.05, 0) is 36.2 Å². The Morgan fingerprint density at radius 3 is 2.58 bits per heavy atom. The first kappa shape index (κ1) is 23.6. The van der Waals surface area contributed by atoms with Crippen LogP contribution >= 0.6 is 0 Å². The summed E-state index contributed by atoms with van der Waals surface area (Å²) in [5.41, 5.74) is 1.75. The van der Waals surface area contributed by atoms with Gasteiger partial charge in [0, 0.05) is 24.7 Å². The lowest BCUT2D eigenvalue weighted by molar-refractivity contribution is -0.121. The lowest BCUT2D eigenvalue weighted by Crippen LogP contribution is -2.27. The number of hydrogen-bond acceptors (Lipinski definition) is 7. The molecule has 0 bridgehead atoms. The zero-order valence-corrected chi connectivity index (χ0v) is 18.8. The van der Waals surface area contributed by atoms with E-state index in [4.69, 9.17) is 14.2 Å². The summed E-state index contributed by atoms with van der Waals surface area (Å²) < 4.78 is 17.2. The van der Waals surface area contributed by atoms with Gasteiger partial charge in [-0.15, -0.1) is 5.10 Å². The van der Waals surface area contributed by atoms with Gasteiger partial charge in [-0.1, -0.05) is 17.3 Å². The van der Waals surface area contributed by atoms with E-state index in [9.17, 15) is 9.59 Å². The van der Waals surface area contributed by atoms with Crippen LogP contribution in [-0.2, 0) is 17.8 Å². The molecule has 3 rings (SSSR count). The third-order valence-corrected chi connectivity index (χ3v) is 4.85. The van der Waals surface area contributed by atoms with Crippen LogP contribution in [0.3, 0.4) is 0 Å². The maximum Gasteiger partial charge on any atom is 0.277 e. The summed E-state index contributed by atoms with van der Waals surface area (Å²) in [5, 5.41) is 13.4. The van der Waals surface area contributed by atoms with Crippen molar-refractivity contribution in [3.05, 3.63) is 59.9 Å². The van der Waals surface area contributed by atoms with Crippen LogP contribution in [0.2, 0.25) is 0 Å². The maximum atomic E-state index is 12.4. The average Bonchev–Trinajstić information content (AvgIpc) is 3.31. The van der Waals surface area contributed by atoms with Crippen LogP contribution in [-0.4, -0.2) is 54.7 Å². The highest BCUT2D eigenvalue weighted by atomic mass is 16.5. The van der Waals surface area contributed by atoms with E-state index >= 15 is 0 Å². The minimum absolute atomic E-state index is 0.0825. The van der Waals surface area contributed by atoms with E-state index < -0.39 is 0 Å². The Morgan fingerprint density at radius 2 is 1.82 bits per heavy atom. The van der Waals surface area contributed by atoms with Crippen LogP contribution in [0, 0.1) is 0 Å². The first-order valence-electron chi connectivity index (χ1n) is 10.4. The standard InChI is InChI=1S/C23H27N5O5/c1-31-18-6-4-5-17(14-18)25-23(30)19-15-28(27-26-19)12-11-24-22(29)10-8-16-7-9-20(32-2)21(13-16)33-3/h4-7,9,13-15H,8,10-12H2,1-3H3,(H,24,29)(H,25,30). The van der Waals surface area contributed by atoms with Gasteiger partial charge in [0.2, 0.25) is 5.91 Å². The van der Waals surface area contributed by atoms with Gasteiger partial charge in [0.25, 0.3) is 5.91 Å². The molecule has 2 N–H and O–H groups in total. The summed E-state index contributed by atoms with van der Waals surface area (Å²) in [7, 11) is 4.71. The quantitative estimate of drug-likeness (QED) is 0.458. The van der Waals surface area contributed by atoms with Crippen molar-refractivity contribution < 1.29 is 23.8 Å². The fourth-order valence-corrected chi connectivity index (χ4v) is 3.10. The summed E-state index contributed by atoms with van der Waals surface area (Å²) in [6.07, 6.45) is 2.44. The van der Waals surface area contributed by atoms with E-state index in [1.807, 2.05) is 18.2 Å². The normalized spacial score (nSPS) is 10.4. The van der Waals surface area contributed by atoms with E-state index in [1.54, 1.807) is 45.6 Å². The zero-order chi connectivity index (χ0) is 23.6. The van der Waals surface area contributed by atoms with Gasteiger partial charge in [-0.25, -0.2) is 4.68 Å². The van der Waals surface area contributed by atoms with Crippen molar-refractivity contribution in [1.82, 2.24) is 20.3 Å². The number of nitrogens with one attached hydrogen (secondary N) is 2. The molecule has 0 aliphatic rings. The third kappa shape index (κ3) is 6.70. The van der Waals surface area contributed by atoms with Gasteiger partial charge in [0.05, 0.1) is 34.1 Å². The fourth-order valence-electron chi connectivity index (χ4n) is 3.10. The van der Waals surface area contributed by atoms with Crippen molar-refractivity contribution in [3.63, 3.8) is 0 Å². The molecule has 0 saturated carbocycles. The van der Waals surface area contributed by atoms with E-state index in [-0.39, 0.29) is 17.5 Å².